The Hall–Kier alpha value is -0.680. The molecule has 0 spiro atoms. The van der Waals surface area contributed by atoms with Gasteiger partial charge in [-0.3, -0.25) is 0 Å². The molecule has 5 heteroatoms. The number of rotatable bonds is 4. The number of aromatic nitrogens is 2. The van der Waals surface area contributed by atoms with Crippen molar-refractivity contribution < 1.29 is 0 Å². The third-order valence-electron chi connectivity index (χ3n) is 2.07. The summed E-state index contributed by atoms with van der Waals surface area (Å²) < 4.78 is 0.835. The molecule has 0 N–H and O–H groups in total. The van der Waals surface area contributed by atoms with Gasteiger partial charge in [-0.05, 0) is 36.9 Å². The van der Waals surface area contributed by atoms with Gasteiger partial charge in [-0.2, -0.15) is 0 Å². The van der Waals surface area contributed by atoms with Gasteiger partial charge >= 0.3 is 0 Å². The fourth-order valence-corrected chi connectivity index (χ4v) is 1.64. The van der Waals surface area contributed by atoms with Gasteiger partial charge < -0.3 is 9.80 Å². The Morgan fingerprint density at radius 2 is 1.87 bits per heavy atom. The third kappa shape index (κ3) is 4.13. The smallest absolute Gasteiger partial charge is 0.133 e. The van der Waals surface area contributed by atoms with Crippen molar-refractivity contribution in [1.29, 1.82) is 0 Å². The third-order valence-corrected chi connectivity index (χ3v) is 2.47. The number of hydrogen-bond donors (Lipinski definition) is 0. The first-order valence-corrected chi connectivity index (χ1v) is 5.65. The zero-order valence-corrected chi connectivity index (χ0v) is 11.2. The number of anilines is 1. The van der Waals surface area contributed by atoms with Crippen molar-refractivity contribution >= 4 is 21.7 Å². The van der Waals surface area contributed by atoms with Crippen LogP contribution in [0.15, 0.2) is 10.7 Å². The van der Waals surface area contributed by atoms with E-state index in [4.69, 9.17) is 0 Å². The lowest BCUT2D eigenvalue weighted by molar-refractivity contribution is 0.416. The molecule has 0 atom stereocenters. The van der Waals surface area contributed by atoms with Crippen LogP contribution in [0, 0.1) is 6.92 Å². The minimum absolute atomic E-state index is 0.788. The van der Waals surface area contributed by atoms with Crippen molar-refractivity contribution in [2.45, 2.75) is 6.92 Å². The van der Waals surface area contributed by atoms with Crippen LogP contribution < -0.4 is 4.90 Å². The first-order valence-electron chi connectivity index (χ1n) is 4.86. The Bertz CT molecular complexity index is 307. The normalized spacial score (nSPS) is 10.8. The Balaban J connectivity index is 2.68. The topological polar surface area (TPSA) is 32.3 Å². The maximum atomic E-state index is 4.38. The molecule has 0 saturated heterocycles. The van der Waals surface area contributed by atoms with Crippen molar-refractivity contribution in [2.75, 3.05) is 39.1 Å². The van der Waals surface area contributed by atoms with Crippen molar-refractivity contribution in [1.82, 2.24) is 14.9 Å². The van der Waals surface area contributed by atoms with Crippen LogP contribution in [0.25, 0.3) is 0 Å². The second-order valence-electron chi connectivity index (χ2n) is 3.82. The van der Waals surface area contributed by atoms with Crippen molar-refractivity contribution in [3.63, 3.8) is 0 Å². The molecule has 4 nitrogen and oxygen atoms in total. The van der Waals surface area contributed by atoms with Gasteiger partial charge in [-0.1, -0.05) is 0 Å². The van der Waals surface area contributed by atoms with Crippen molar-refractivity contribution in [2.24, 2.45) is 0 Å². The van der Waals surface area contributed by atoms with E-state index < -0.39 is 0 Å². The average molecular weight is 273 g/mol. The highest BCUT2D eigenvalue weighted by Gasteiger charge is 2.05. The number of hydrogen-bond acceptors (Lipinski definition) is 4. The van der Waals surface area contributed by atoms with Gasteiger partial charge in [-0.15, -0.1) is 0 Å². The van der Waals surface area contributed by atoms with Crippen LogP contribution in [0.2, 0.25) is 0 Å². The minimum atomic E-state index is 0.788. The van der Waals surface area contributed by atoms with Gasteiger partial charge in [0.1, 0.15) is 16.2 Å². The van der Waals surface area contributed by atoms with E-state index in [1.54, 1.807) is 0 Å². The fourth-order valence-electron chi connectivity index (χ4n) is 1.18. The summed E-state index contributed by atoms with van der Waals surface area (Å²) in [6.07, 6.45) is 0. The van der Waals surface area contributed by atoms with Crippen LogP contribution in [0.4, 0.5) is 5.82 Å². The van der Waals surface area contributed by atoms with Gasteiger partial charge in [0.25, 0.3) is 0 Å². The molecule has 0 aliphatic carbocycles. The maximum absolute atomic E-state index is 4.38. The van der Waals surface area contributed by atoms with Crippen LogP contribution >= 0.6 is 15.9 Å². The summed E-state index contributed by atoms with van der Waals surface area (Å²) in [5, 5.41) is 0. The molecule has 1 aromatic rings. The van der Waals surface area contributed by atoms with Gasteiger partial charge in [0, 0.05) is 26.2 Å². The molecule has 84 valence electrons. The van der Waals surface area contributed by atoms with E-state index in [0.29, 0.717) is 0 Å². The highest BCUT2D eigenvalue weighted by atomic mass is 79.9. The van der Waals surface area contributed by atoms with Crippen LogP contribution in [-0.4, -0.2) is 49.1 Å². The molecule has 0 saturated carbocycles. The zero-order chi connectivity index (χ0) is 11.4. The van der Waals surface area contributed by atoms with E-state index in [2.05, 4.69) is 49.8 Å². The molecule has 0 radical (unpaired) electrons. The van der Waals surface area contributed by atoms with Crippen LogP contribution in [0.5, 0.6) is 0 Å². The molecular weight excluding hydrogens is 256 g/mol. The second kappa shape index (κ2) is 5.42. The highest BCUT2D eigenvalue weighted by Crippen LogP contribution is 2.14. The van der Waals surface area contributed by atoms with Crippen LogP contribution in [0.3, 0.4) is 0 Å². The summed E-state index contributed by atoms with van der Waals surface area (Å²) in [4.78, 5) is 12.8. The lowest BCUT2D eigenvalue weighted by Crippen LogP contribution is -2.29. The number of halogens is 1. The summed E-state index contributed by atoms with van der Waals surface area (Å²) in [6.45, 7) is 3.86. The Morgan fingerprint density at radius 1 is 1.20 bits per heavy atom. The lowest BCUT2D eigenvalue weighted by atomic mass is 10.4. The molecular formula is C10H17BrN4. The number of aryl methyl sites for hydroxylation is 1. The maximum Gasteiger partial charge on any atom is 0.133 e. The molecule has 0 unspecified atom stereocenters. The van der Waals surface area contributed by atoms with Gasteiger partial charge in [0.05, 0.1) is 0 Å². The zero-order valence-electron chi connectivity index (χ0n) is 9.66. The predicted octanol–water partition coefficient (Wildman–Crippen LogP) is 1.55. The summed E-state index contributed by atoms with van der Waals surface area (Å²) in [5.41, 5.74) is 0. The Labute approximate surface area is 99.4 Å². The molecule has 0 aromatic carbocycles. The van der Waals surface area contributed by atoms with Crippen molar-refractivity contribution in [3.8, 4) is 0 Å². The first-order chi connectivity index (χ1) is 6.99. The number of likely N-dealkylation sites (N-methyl/N-ethyl adjacent to an activating group) is 2. The molecule has 0 bridgehead atoms. The monoisotopic (exact) mass is 272 g/mol. The SMILES string of the molecule is Cc1nc(Br)cc(N(C)CCN(C)C)n1. The molecule has 1 heterocycles. The first kappa shape index (κ1) is 12.4. The fraction of sp³-hybridized carbons (Fsp3) is 0.600. The van der Waals surface area contributed by atoms with E-state index in [0.717, 1.165) is 29.3 Å². The van der Waals surface area contributed by atoms with Gasteiger partial charge in [0.2, 0.25) is 0 Å². The van der Waals surface area contributed by atoms with E-state index >= 15 is 0 Å². The van der Waals surface area contributed by atoms with Gasteiger partial charge in [-0.25, -0.2) is 9.97 Å². The molecule has 1 aromatic heterocycles. The molecule has 0 aliphatic rings. The quantitative estimate of drug-likeness (QED) is 0.779. The van der Waals surface area contributed by atoms with Gasteiger partial charge in [0.15, 0.2) is 0 Å². The van der Waals surface area contributed by atoms with E-state index in [-0.39, 0.29) is 0 Å². The standard InChI is InChI=1S/C10H17BrN4/c1-8-12-9(11)7-10(13-8)15(4)6-5-14(2)3/h7H,5-6H2,1-4H3. The average Bonchev–Trinajstić information content (AvgIpc) is 2.12. The second-order valence-corrected chi connectivity index (χ2v) is 4.63. The van der Waals surface area contributed by atoms with E-state index in [1.165, 1.54) is 0 Å². The van der Waals surface area contributed by atoms with Crippen molar-refractivity contribution in [3.05, 3.63) is 16.5 Å². The summed E-state index contributed by atoms with van der Waals surface area (Å²) in [7, 11) is 6.17. The largest absolute Gasteiger partial charge is 0.358 e. The Morgan fingerprint density at radius 3 is 2.40 bits per heavy atom. The molecule has 15 heavy (non-hydrogen) atoms. The summed E-state index contributed by atoms with van der Waals surface area (Å²) in [6, 6.07) is 1.93. The van der Waals surface area contributed by atoms with E-state index in [1.807, 2.05) is 20.0 Å². The molecule has 0 amide bonds. The molecule has 0 aliphatic heterocycles. The Kier molecular flexibility index (Phi) is 4.47. The minimum Gasteiger partial charge on any atom is -0.358 e. The van der Waals surface area contributed by atoms with Crippen LogP contribution in [0.1, 0.15) is 5.82 Å². The van der Waals surface area contributed by atoms with Crippen LogP contribution in [-0.2, 0) is 0 Å². The molecule has 0 fully saturated rings. The number of nitrogens with zero attached hydrogens (tertiary/aromatic N) is 4. The lowest BCUT2D eigenvalue weighted by Gasteiger charge is -2.20. The summed E-state index contributed by atoms with van der Waals surface area (Å²) >= 11 is 3.37. The summed E-state index contributed by atoms with van der Waals surface area (Å²) in [5.74, 6) is 1.74. The predicted molar refractivity (Wildman–Crippen MR) is 66.3 cm³/mol. The highest BCUT2D eigenvalue weighted by molar-refractivity contribution is 9.10. The van der Waals surface area contributed by atoms with E-state index in [9.17, 15) is 0 Å². The molecule has 1 rings (SSSR count).